The molecule has 0 saturated carbocycles. The summed E-state index contributed by atoms with van der Waals surface area (Å²) in [5, 5.41) is 0. The summed E-state index contributed by atoms with van der Waals surface area (Å²) < 4.78 is 0. The maximum Gasteiger partial charge on any atom is 1.00 e. The molecule has 0 fully saturated rings. The first-order valence-electron chi connectivity index (χ1n) is 3.54. The third-order valence-corrected chi connectivity index (χ3v) is 1.42. The first-order chi connectivity index (χ1) is 4.26. The van der Waals surface area contributed by atoms with E-state index in [-0.39, 0.29) is 36.9 Å². The van der Waals surface area contributed by atoms with Crippen LogP contribution in [0, 0.1) is 0 Å². The van der Waals surface area contributed by atoms with Gasteiger partial charge in [0.25, 0.3) is 0 Å². The predicted octanol–water partition coefficient (Wildman–Crippen LogP) is -1.62. The van der Waals surface area contributed by atoms with Crippen LogP contribution >= 0.6 is 0 Å². The van der Waals surface area contributed by atoms with E-state index in [0.29, 0.717) is 6.42 Å². The molecule has 56 valence electrons. The summed E-state index contributed by atoms with van der Waals surface area (Å²) in [6.45, 7) is 7.56. The number of carbonyl (C=O) groups excluding carboxylic acids is 1. The van der Waals surface area contributed by atoms with E-state index in [0.717, 1.165) is 13.1 Å². The van der Waals surface area contributed by atoms with Crippen molar-refractivity contribution < 1.29 is 35.8 Å². The Kier molecular flexibility index (Phi) is 9.92. The second-order valence-corrected chi connectivity index (χ2v) is 1.92. The fourth-order valence-electron chi connectivity index (χ4n) is 0.800. The third kappa shape index (κ3) is 4.31. The molecule has 0 rings (SSSR count). The van der Waals surface area contributed by atoms with E-state index in [4.69, 9.17) is 0 Å². The van der Waals surface area contributed by atoms with Crippen LogP contribution in [0.15, 0.2) is 0 Å². The molecule has 0 bridgehead atoms. The molecule has 0 aliphatic heterocycles. The summed E-state index contributed by atoms with van der Waals surface area (Å²) in [6, 6.07) is 0. The van der Waals surface area contributed by atoms with Crippen LogP contribution < -0.4 is 29.6 Å². The van der Waals surface area contributed by atoms with Crippen molar-refractivity contribution in [2.75, 3.05) is 13.1 Å². The number of carbonyl (C=O) groups is 1. The van der Waals surface area contributed by atoms with E-state index in [1.165, 1.54) is 0 Å². The quantitative estimate of drug-likeness (QED) is 0.446. The predicted molar refractivity (Wildman–Crippen MR) is 39.3 cm³/mol. The topological polar surface area (TPSA) is 20.3 Å². The van der Waals surface area contributed by atoms with Crippen molar-refractivity contribution in [3.05, 3.63) is 0 Å². The van der Waals surface area contributed by atoms with Crippen molar-refractivity contribution in [1.29, 1.82) is 0 Å². The van der Waals surface area contributed by atoms with Crippen molar-refractivity contribution in [3.63, 3.8) is 0 Å². The monoisotopic (exact) mass is 153 g/mol. The van der Waals surface area contributed by atoms with Crippen LogP contribution in [-0.4, -0.2) is 23.9 Å². The molecule has 0 aromatic heterocycles. The number of amides is 1. The Morgan fingerprint density at radius 3 is 1.80 bits per heavy atom. The van der Waals surface area contributed by atoms with Gasteiger partial charge in [0.1, 0.15) is 0 Å². The van der Waals surface area contributed by atoms with E-state index in [9.17, 15) is 4.79 Å². The molecule has 2 nitrogen and oxygen atoms in total. The SMILES string of the molecule is CCC(=O)N(CC)CC.[H-].[Na+]. The minimum absolute atomic E-state index is 0. The molecular formula is C7H16NNaO. The van der Waals surface area contributed by atoms with Crippen LogP contribution in [0.1, 0.15) is 28.6 Å². The van der Waals surface area contributed by atoms with Gasteiger partial charge < -0.3 is 6.33 Å². The van der Waals surface area contributed by atoms with Crippen molar-refractivity contribution in [1.82, 2.24) is 4.90 Å². The minimum Gasteiger partial charge on any atom is -1.00 e. The van der Waals surface area contributed by atoms with E-state index < -0.39 is 0 Å². The van der Waals surface area contributed by atoms with Crippen LogP contribution in [0.25, 0.3) is 0 Å². The Morgan fingerprint density at radius 2 is 1.70 bits per heavy atom. The minimum atomic E-state index is 0. The van der Waals surface area contributed by atoms with Crippen molar-refractivity contribution >= 4 is 5.91 Å². The molecule has 0 radical (unpaired) electrons. The van der Waals surface area contributed by atoms with Gasteiger partial charge in [-0.15, -0.1) is 0 Å². The summed E-state index contributed by atoms with van der Waals surface area (Å²) in [7, 11) is 0. The summed E-state index contributed by atoms with van der Waals surface area (Å²) in [4.78, 5) is 12.7. The molecule has 0 aliphatic rings. The van der Waals surface area contributed by atoms with Crippen molar-refractivity contribution in [2.45, 2.75) is 27.2 Å². The first kappa shape index (κ1) is 13.1. The molecule has 0 aliphatic carbocycles. The second kappa shape index (κ2) is 7.58. The van der Waals surface area contributed by atoms with Crippen LogP contribution in [0.2, 0.25) is 0 Å². The van der Waals surface area contributed by atoms with Crippen LogP contribution in [0.4, 0.5) is 0 Å². The molecule has 0 N–H and O–H groups in total. The van der Waals surface area contributed by atoms with Crippen molar-refractivity contribution in [3.8, 4) is 0 Å². The largest absolute Gasteiger partial charge is 1.00 e. The molecule has 0 aromatic carbocycles. The van der Waals surface area contributed by atoms with Gasteiger partial charge >= 0.3 is 29.6 Å². The fraction of sp³-hybridized carbons (Fsp3) is 0.857. The van der Waals surface area contributed by atoms with Gasteiger partial charge in [0, 0.05) is 19.5 Å². The molecule has 0 spiro atoms. The van der Waals surface area contributed by atoms with Crippen LogP contribution in [-0.2, 0) is 4.79 Å². The van der Waals surface area contributed by atoms with E-state index >= 15 is 0 Å². The van der Waals surface area contributed by atoms with Gasteiger partial charge in [0.05, 0.1) is 0 Å². The standard InChI is InChI=1S/C7H15NO.Na.H/c1-4-7(9)8(5-2)6-3;;/h4-6H2,1-3H3;;/q;+1;-1. The normalized spacial score (nSPS) is 8.30. The maximum absolute atomic E-state index is 10.9. The van der Waals surface area contributed by atoms with Gasteiger partial charge in [0.2, 0.25) is 5.91 Å². The van der Waals surface area contributed by atoms with E-state index in [1.54, 1.807) is 0 Å². The summed E-state index contributed by atoms with van der Waals surface area (Å²) in [6.07, 6.45) is 0.627. The maximum atomic E-state index is 10.9. The number of rotatable bonds is 3. The zero-order valence-electron chi connectivity index (χ0n) is 8.48. The number of nitrogens with zero attached hydrogens (tertiary/aromatic N) is 1. The number of hydrogen-bond acceptors (Lipinski definition) is 1. The zero-order chi connectivity index (χ0) is 7.28. The second-order valence-electron chi connectivity index (χ2n) is 1.92. The fourth-order valence-corrected chi connectivity index (χ4v) is 0.800. The molecule has 10 heavy (non-hydrogen) atoms. The Balaban J connectivity index is -0.000000320. The average Bonchev–Trinajstić information content (AvgIpc) is 1.90. The molecule has 0 saturated heterocycles. The Bertz CT molecular complexity index is 96.4. The average molecular weight is 153 g/mol. The Labute approximate surface area is 86.7 Å². The molecular weight excluding hydrogens is 137 g/mol. The summed E-state index contributed by atoms with van der Waals surface area (Å²) >= 11 is 0. The Hall–Kier alpha value is 0.470. The van der Waals surface area contributed by atoms with Crippen molar-refractivity contribution in [2.24, 2.45) is 0 Å². The summed E-state index contributed by atoms with van der Waals surface area (Å²) in [5.41, 5.74) is 0. The molecule has 0 unspecified atom stereocenters. The number of hydrogen-bond donors (Lipinski definition) is 0. The van der Waals surface area contributed by atoms with Gasteiger partial charge in [-0.1, -0.05) is 6.92 Å². The molecule has 3 heteroatoms. The van der Waals surface area contributed by atoms with E-state index in [2.05, 4.69) is 0 Å². The van der Waals surface area contributed by atoms with Crippen LogP contribution in [0.3, 0.4) is 0 Å². The summed E-state index contributed by atoms with van der Waals surface area (Å²) in [5.74, 6) is 0.250. The van der Waals surface area contributed by atoms with Crippen LogP contribution in [0.5, 0.6) is 0 Å². The van der Waals surface area contributed by atoms with Gasteiger partial charge in [0.15, 0.2) is 0 Å². The molecule has 0 aromatic rings. The van der Waals surface area contributed by atoms with Gasteiger partial charge in [-0.2, -0.15) is 0 Å². The first-order valence-corrected chi connectivity index (χ1v) is 3.54. The molecule has 0 atom stereocenters. The smallest absolute Gasteiger partial charge is 1.00 e. The third-order valence-electron chi connectivity index (χ3n) is 1.42. The van der Waals surface area contributed by atoms with E-state index in [1.807, 2.05) is 25.7 Å². The van der Waals surface area contributed by atoms with Gasteiger partial charge in [-0.05, 0) is 13.8 Å². The van der Waals surface area contributed by atoms with Gasteiger partial charge in [-0.3, -0.25) is 4.79 Å². The molecule has 1 amide bonds. The van der Waals surface area contributed by atoms with Gasteiger partial charge in [-0.25, -0.2) is 0 Å². The zero-order valence-corrected chi connectivity index (χ0v) is 9.48. The Morgan fingerprint density at radius 1 is 1.30 bits per heavy atom. The molecule has 0 heterocycles.